The summed E-state index contributed by atoms with van der Waals surface area (Å²) in [7, 11) is 0. The van der Waals surface area contributed by atoms with Crippen LogP contribution in [0.5, 0.6) is 0 Å². The Hall–Kier alpha value is -3.86. The number of hydrogen-bond donors (Lipinski definition) is 2. The minimum atomic E-state index is -1.06. The van der Waals surface area contributed by atoms with Crippen molar-refractivity contribution in [1.82, 2.24) is 15.5 Å². The molecule has 0 spiro atoms. The van der Waals surface area contributed by atoms with Gasteiger partial charge in [-0.3, -0.25) is 9.59 Å². The molecule has 8 heteroatoms. The number of amides is 3. The maximum atomic E-state index is 13.5. The lowest BCUT2D eigenvalue weighted by molar-refractivity contribution is -0.138. The van der Waals surface area contributed by atoms with Crippen LogP contribution in [0, 0.1) is 17.2 Å². The summed E-state index contributed by atoms with van der Waals surface area (Å²) >= 11 is 0. The first-order valence-corrected chi connectivity index (χ1v) is 12.4. The van der Waals surface area contributed by atoms with Crippen molar-refractivity contribution in [3.63, 3.8) is 0 Å². The summed E-state index contributed by atoms with van der Waals surface area (Å²) < 4.78 is 5.28. The molecule has 2 N–H and O–H groups in total. The first-order chi connectivity index (χ1) is 17.4. The normalized spacial score (nSPS) is 18.2. The highest BCUT2D eigenvalue weighted by molar-refractivity contribution is 5.79. The molecule has 2 unspecified atom stereocenters. The van der Waals surface area contributed by atoms with Crippen molar-refractivity contribution in [2.45, 2.75) is 57.7 Å². The monoisotopic (exact) mass is 490 g/mol. The Bertz CT molecular complexity index is 1050. The van der Waals surface area contributed by atoms with E-state index in [0.717, 1.165) is 11.1 Å². The van der Waals surface area contributed by atoms with E-state index >= 15 is 0 Å². The molecule has 2 aromatic carbocycles. The van der Waals surface area contributed by atoms with Crippen LogP contribution >= 0.6 is 0 Å². The van der Waals surface area contributed by atoms with Gasteiger partial charge in [0.1, 0.15) is 5.54 Å². The predicted octanol–water partition coefficient (Wildman–Crippen LogP) is 3.92. The second kappa shape index (κ2) is 13.3. The number of carbonyl (C=O) groups excluding carboxylic acids is 3. The fraction of sp³-hybridized carbons (Fsp3) is 0.429. The molecule has 1 heterocycles. The third-order valence-electron chi connectivity index (χ3n) is 6.48. The minimum Gasteiger partial charge on any atom is -0.450 e. The van der Waals surface area contributed by atoms with E-state index in [9.17, 15) is 19.6 Å². The zero-order chi connectivity index (χ0) is 25.8. The van der Waals surface area contributed by atoms with Gasteiger partial charge in [0, 0.05) is 38.9 Å². The van der Waals surface area contributed by atoms with E-state index in [1.54, 1.807) is 4.90 Å². The maximum absolute atomic E-state index is 13.5. The Morgan fingerprint density at radius 3 is 2.44 bits per heavy atom. The van der Waals surface area contributed by atoms with Crippen LogP contribution in [0.2, 0.25) is 0 Å². The van der Waals surface area contributed by atoms with Crippen LogP contribution in [-0.4, -0.2) is 41.5 Å². The lowest BCUT2D eigenvalue weighted by Crippen LogP contribution is -2.51. The lowest BCUT2D eigenvalue weighted by atomic mass is 9.88. The molecule has 2 atom stereocenters. The molecule has 1 saturated heterocycles. The quantitative estimate of drug-likeness (QED) is 0.524. The molecular formula is C28H34N4O4. The number of nitriles is 1. The molecule has 3 amide bonds. The number of hydrogen-bond acceptors (Lipinski definition) is 5. The summed E-state index contributed by atoms with van der Waals surface area (Å²) in [6.45, 7) is 3.16. The molecule has 0 saturated carbocycles. The molecule has 0 radical (unpaired) electrons. The predicted molar refractivity (Wildman–Crippen MR) is 135 cm³/mol. The summed E-state index contributed by atoms with van der Waals surface area (Å²) in [6.07, 6.45) is 1.12. The molecule has 1 aliphatic heterocycles. The second-order valence-corrected chi connectivity index (χ2v) is 9.28. The fourth-order valence-electron chi connectivity index (χ4n) is 4.31. The first kappa shape index (κ1) is 26.7. The summed E-state index contributed by atoms with van der Waals surface area (Å²) in [5.74, 6) is -0.301. The van der Waals surface area contributed by atoms with Crippen LogP contribution in [0.1, 0.15) is 50.2 Å². The minimum absolute atomic E-state index is 0.0565. The molecular weight excluding hydrogens is 456 g/mol. The summed E-state index contributed by atoms with van der Waals surface area (Å²) in [5.41, 5.74) is 0.850. The van der Waals surface area contributed by atoms with Crippen molar-refractivity contribution in [3.8, 4) is 6.07 Å². The van der Waals surface area contributed by atoms with Gasteiger partial charge >= 0.3 is 6.09 Å². The Kier molecular flexibility index (Phi) is 9.87. The van der Waals surface area contributed by atoms with Crippen LogP contribution < -0.4 is 10.6 Å². The molecule has 0 aromatic heterocycles. The Morgan fingerprint density at radius 1 is 1.11 bits per heavy atom. The van der Waals surface area contributed by atoms with Crippen molar-refractivity contribution in [1.29, 1.82) is 5.26 Å². The van der Waals surface area contributed by atoms with Gasteiger partial charge in [-0.2, -0.15) is 5.26 Å². The van der Waals surface area contributed by atoms with Gasteiger partial charge in [0.05, 0.1) is 12.7 Å². The van der Waals surface area contributed by atoms with Gasteiger partial charge in [0.2, 0.25) is 11.8 Å². The molecule has 36 heavy (non-hydrogen) atoms. The van der Waals surface area contributed by atoms with Crippen LogP contribution in [0.3, 0.4) is 0 Å². The molecule has 190 valence electrons. The molecule has 3 rings (SSSR count). The Balaban J connectivity index is 1.57. The lowest BCUT2D eigenvalue weighted by Gasteiger charge is -2.39. The van der Waals surface area contributed by atoms with Gasteiger partial charge in [0.15, 0.2) is 0 Å². The van der Waals surface area contributed by atoms with E-state index in [1.165, 1.54) is 0 Å². The van der Waals surface area contributed by atoms with Gasteiger partial charge in [0.25, 0.3) is 0 Å². The van der Waals surface area contributed by atoms with Crippen molar-refractivity contribution >= 4 is 17.9 Å². The molecule has 8 nitrogen and oxygen atoms in total. The number of alkyl carbamates (subject to hydrolysis) is 1. The van der Waals surface area contributed by atoms with Crippen LogP contribution in [0.4, 0.5) is 4.79 Å². The van der Waals surface area contributed by atoms with Gasteiger partial charge in [-0.25, -0.2) is 4.79 Å². The molecule has 0 aliphatic carbocycles. The first-order valence-electron chi connectivity index (χ1n) is 12.4. The van der Waals surface area contributed by atoms with Crippen molar-refractivity contribution in [2.75, 3.05) is 13.2 Å². The van der Waals surface area contributed by atoms with Gasteiger partial charge in [-0.1, -0.05) is 67.6 Å². The average molecular weight is 491 g/mol. The number of rotatable bonds is 10. The number of carbonyl (C=O) groups is 3. The van der Waals surface area contributed by atoms with Crippen LogP contribution in [0.25, 0.3) is 0 Å². The Morgan fingerprint density at radius 2 is 1.78 bits per heavy atom. The third kappa shape index (κ3) is 7.84. The molecule has 2 aromatic rings. The second-order valence-electron chi connectivity index (χ2n) is 9.28. The standard InChI is InChI=1S/C28H34N4O4/c1-22(13-17-36-27(35)31-19-23-8-4-2-5-9-23)18-26(34)32(20-24-10-6-3-7-11-24)28(21-29)14-12-25(33)30-16-15-28/h2-11,22H,12-20H2,1H3,(H,30,33)(H,31,35). The summed E-state index contributed by atoms with van der Waals surface area (Å²) in [4.78, 5) is 39.1. The van der Waals surface area contributed by atoms with E-state index < -0.39 is 11.6 Å². The van der Waals surface area contributed by atoms with Crippen molar-refractivity contribution in [2.24, 2.45) is 5.92 Å². The largest absolute Gasteiger partial charge is 0.450 e. The van der Waals surface area contributed by atoms with E-state index in [2.05, 4.69) is 16.7 Å². The highest BCUT2D eigenvalue weighted by Crippen LogP contribution is 2.30. The maximum Gasteiger partial charge on any atom is 0.407 e. The zero-order valence-corrected chi connectivity index (χ0v) is 20.7. The topological polar surface area (TPSA) is 112 Å². The number of nitrogens with one attached hydrogen (secondary N) is 2. The summed E-state index contributed by atoms with van der Waals surface area (Å²) in [5, 5.41) is 15.7. The van der Waals surface area contributed by atoms with Crippen molar-refractivity contribution in [3.05, 3.63) is 71.8 Å². The molecule has 0 bridgehead atoms. The van der Waals surface area contributed by atoms with Gasteiger partial charge in [-0.05, 0) is 29.9 Å². The van der Waals surface area contributed by atoms with Crippen molar-refractivity contribution < 1.29 is 19.1 Å². The van der Waals surface area contributed by atoms with E-state index in [0.29, 0.717) is 38.9 Å². The van der Waals surface area contributed by atoms with Gasteiger partial charge in [-0.15, -0.1) is 0 Å². The van der Waals surface area contributed by atoms with E-state index in [1.807, 2.05) is 67.6 Å². The molecule has 1 aliphatic rings. The third-order valence-corrected chi connectivity index (χ3v) is 6.48. The number of benzene rings is 2. The smallest absolute Gasteiger partial charge is 0.407 e. The SMILES string of the molecule is CC(CCOC(=O)NCc1ccccc1)CC(=O)N(Cc1ccccc1)C1(C#N)CCNC(=O)CC1. The summed E-state index contributed by atoms with van der Waals surface area (Å²) in [6, 6.07) is 21.5. The van der Waals surface area contributed by atoms with E-state index in [4.69, 9.17) is 4.74 Å². The molecule has 1 fully saturated rings. The average Bonchev–Trinajstić information content (AvgIpc) is 3.09. The number of ether oxygens (including phenoxy) is 1. The number of nitrogens with zero attached hydrogens (tertiary/aromatic N) is 2. The van der Waals surface area contributed by atoms with E-state index in [-0.39, 0.29) is 37.2 Å². The fourth-order valence-corrected chi connectivity index (χ4v) is 4.31. The Labute approximate surface area is 212 Å². The highest BCUT2D eigenvalue weighted by Gasteiger charge is 2.41. The van der Waals surface area contributed by atoms with Gasteiger partial charge < -0.3 is 20.3 Å². The highest BCUT2D eigenvalue weighted by atomic mass is 16.5. The van der Waals surface area contributed by atoms with Crippen LogP contribution in [-0.2, 0) is 27.4 Å². The van der Waals surface area contributed by atoms with Crippen LogP contribution in [0.15, 0.2) is 60.7 Å². The zero-order valence-electron chi connectivity index (χ0n) is 20.7.